The SMILES string of the molecule is c1ccc(CCC[P+](c2ccccc2)(c2ccccc2)c2ccccc2)cc1. The molecule has 0 aliphatic carbocycles. The molecule has 0 unspecified atom stereocenters. The van der Waals surface area contributed by atoms with Crippen LogP contribution in [-0.4, -0.2) is 6.16 Å². The second-order valence-corrected chi connectivity index (χ2v) is 10.7. The maximum atomic E-state index is 2.33. The van der Waals surface area contributed by atoms with Gasteiger partial charge in [0.2, 0.25) is 0 Å². The van der Waals surface area contributed by atoms with Crippen LogP contribution < -0.4 is 15.9 Å². The Kier molecular flexibility index (Phi) is 6.00. The molecule has 0 fully saturated rings. The third kappa shape index (κ3) is 3.93. The normalized spacial score (nSPS) is 11.3. The van der Waals surface area contributed by atoms with Gasteiger partial charge in [0.05, 0.1) is 6.16 Å². The number of hydrogen-bond acceptors (Lipinski definition) is 0. The lowest BCUT2D eigenvalue weighted by Gasteiger charge is -2.27. The molecule has 0 nitrogen and oxygen atoms in total. The summed E-state index contributed by atoms with van der Waals surface area (Å²) in [4.78, 5) is 0. The first-order valence-electron chi connectivity index (χ1n) is 9.98. The van der Waals surface area contributed by atoms with E-state index in [1.54, 1.807) is 0 Å². The minimum atomic E-state index is -1.69. The maximum absolute atomic E-state index is 2.33. The van der Waals surface area contributed by atoms with Crippen LogP contribution in [0.15, 0.2) is 121 Å². The lowest BCUT2D eigenvalue weighted by molar-refractivity contribution is 0.928. The van der Waals surface area contributed by atoms with Crippen molar-refractivity contribution >= 4 is 23.2 Å². The molecule has 0 aromatic heterocycles. The van der Waals surface area contributed by atoms with Gasteiger partial charge in [-0.25, -0.2) is 0 Å². The zero-order valence-corrected chi connectivity index (χ0v) is 17.0. The van der Waals surface area contributed by atoms with Gasteiger partial charge in [0, 0.05) is 0 Å². The third-order valence-electron chi connectivity index (χ3n) is 5.39. The van der Waals surface area contributed by atoms with Crippen LogP contribution >= 0.6 is 7.26 Å². The maximum Gasteiger partial charge on any atom is 0.112 e. The summed E-state index contributed by atoms with van der Waals surface area (Å²) < 4.78 is 0. The first kappa shape index (κ1) is 18.7. The summed E-state index contributed by atoms with van der Waals surface area (Å²) in [5.74, 6) is 0. The molecule has 0 bridgehead atoms. The summed E-state index contributed by atoms with van der Waals surface area (Å²) >= 11 is 0. The first-order chi connectivity index (χ1) is 13.9. The van der Waals surface area contributed by atoms with Crippen LogP contribution in [0.5, 0.6) is 0 Å². The third-order valence-corrected chi connectivity index (χ3v) is 9.92. The molecule has 0 saturated heterocycles. The molecule has 0 amide bonds. The van der Waals surface area contributed by atoms with Crippen LogP contribution in [0.2, 0.25) is 0 Å². The molecule has 138 valence electrons. The second-order valence-electron chi connectivity index (χ2n) is 7.13. The molecular formula is C27H26P+. The lowest BCUT2D eigenvalue weighted by atomic mass is 10.1. The monoisotopic (exact) mass is 381 g/mol. The van der Waals surface area contributed by atoms with Crippen LogP contribution in [0, 0.1) is 0 Å². The molecule has 0 spiro atoms. The molecule has 0 heterocycles. The van der Waals surface area contributed by atoms with Gasteiger partial charge in [-0.15, -0.1) is 0 Å². The number of rotatable bonds is 7. The fourth-order valence-electron chi connectivity index (χ4n) is 4.05. The Balaban J connectivity index is 1.79. The summed E-state index contributed by atoms with van der Waals surface area (Å²) in [6.45, 7) is 0. The Hall–Kier alpha value is -2.69. The molecule has 0 aliphatic heterocycles. The van der Waals surface area contributed by atoms with Crippen LogP contribution in [0.25, 0.3) is 0 Å². The molecule has 0 N–H and O–H groups in total. The molecular weight excluding hydrogens is 355 g/mol. The highest BCUT2D eigenvalue weighted by molar-refractivity contribution is 7.95. The van der Waals surface area contributed by atoms with Gasteiger partial charge in [-0.3, -0.25) is 0 Å². The quantitative estimate of drug-likeness (QED) is 0.365. The van der Waals surface area contributed by atoms with Gasteiger partial charge in [0.25, 0.3) is 0 Å². The molecule has 0 saturated carbocycles. The van der Waals surface area contributed by atoms with E-state index in [-0.39, 0.29) is 0 Å². The van der Waals surface area contributed by atoms with E-state index in [1.165, 1.54) is 34.1 Å². The first-order valence-corrected chi connectivity index (χ1v) is 12.0. The summed E-state index contributed by atoms with van der Waals surface area (Å²) in [6.07, 6.45) is 3.48. The molecule has 0 radical (unpaired) electrons. The standard InChI is InChI=1S/C27H26P/c1-5-14-24(15-6-1)16-13-23-28(25-17-7-2-8-18-25,26-19-9-3-10-20-26)27-21-11-4-12-22-27/h1-12,14-15,17-22H,13,16,23H2/q+1. The zero-order chi connectivity index (χ0) is 19.1. The molecule has 4 rings (SSSR count). The van der Waals surface area contributed by atoms with Crippen molar-refractivity contribution in [3.63, 3.8) is 0 Å². The topological polar surface area (TPSA) is 0 Å². The van der Waals surface area contributed by atoms with Gasteiger partial charge in [0.1, 0.15) is 23.2 Å². The van der Waals surface area contributed by atoms with Crippen LogP contribution in [-0.2, 0) is 6.42 Å². The predicted octanol–water partition coefficient (Wildman–Crippen LogP) is 5.61. The predicted molar refractivity (Wildman–Crippen MR) is 125 cm³/mol. The summed E-state index contributed by atoms with van der Waals surface area (Å²) in [5, 5.41) is 4.42. The zero-order valence-electron chi connectivity index (χ0n) is 16.1. The molecule has 28 heavy (non-hydrogen) atoms. The molecule has 0 atom stereocenters. The second kappa shape index (κ2) is 9.00. The van der Waals surface area contributed by atoms with Crippen LogP contribution in [0.4, 0.5) is 0 Å². The number of hydrogen-bond donors (Lipinski definition) is 0. The number of benzene rings is 4. The van der Waals surface area contributed by atoms with Gasteiger partial charge in [0.15, 0.2) is 0 Å². The van der Waals surface area contributed by atoms with E-state index in [0.29, 0.717) is 0 Å². The largest absolute Gasteiger partial charge is 0.112 e. The van der Waals surface area contributed by atoms with Crippen molar-refractivity contribution in [2.24, 2.45) is 0 Å². The van der Waals surface area contributed by atoms with Gasteiger partial charge < -0.3 is 0 Å². The minimum Gasteiger partial charge on any atom is -0.0622 e. The van der Waals surface area contributed by atoms with Gasteiger partial charge >= 0.3 is 0 Å². The minimum absolute atomic E-state index is 1.12. The highest BCUT2D eigenvalue weighted by atomic mass is 31.2. The Morgan fingerprint density at radius 3 is 1.18 bits per heavy atom. The van der Waals surface area contributed by atoms with E-state index in [4.69, 9.17) is 0 Å². The van der Waals surface area contributed by atoms with E-state index in [2.05, 4.69) is 121 Å². The van der Waals surface area contributed by atoms with Gasteiger partial charge in [-0.05, 0) is 54.8 Å². The summed E-state index contributed by atoms with van der Waals surface area (Å²) in [7, 11) is -1.69. The van der Waals surface area contributed by atoms with Gasteiger partial charge in [-0.1, -0.05) is 84.9 Å². The fourth-order valence-corrected chi connectivity index (χ4v) is 8.39. The average Bonchev–Trinajstić information content (AvgIpc) is 2.79. The highest BCUT2D eigenvalue weighted by Crippen LogP contribution is 2.55. The molecule has 4 aromatic carbocycles. The van der Waals surface area contributed by atoms with E-state index in [0.717, 1.165) is 6.42 Å². The van der Waals surface area contributed by atoms with E-state index < -0.39 is 7.26 Å². The fraction of sp³-hybridized carbons (Fsp3) is 0.111. The Morgan fingerprint density at radius 1 is 0.429 bits per heavy atom. The van der Waals surface area contributed by atoms with Crippen LogP contribution in [0.1, 0.15) is 12.0 Å². The van der Waals surface area contributed by atoms with Crippen molar-refractivity contribution < 1.29 is 0 Å². The van der Waals surface area contributed by atoms with Crippen molar-refractivity contribution in [1.29, 1.82) is 0 Å². The Bertz CT molecular complexity index is 867. The number of aryl methyl sites for hydroxylation is 1. The Morgan fingerprint density at radius 2 is 0.786 bits per heavy atom. The van der Waals surface area contributed by atoms with Crippen LogP contribution in [0.3, 0.4) is 0 Å². The van der Waals surface area contributed by atoms with Crippen molar-refractivity contribution in [1.82, 2.24) is 0 Å². The molecule has 4 aromatic rings. The average molecular weight is 381 g/mol. The van der Waals surface area contributed by atoms with Crippen molar-refractivity contribution in [3.8, 4) is 0 Å². The van der Waals surface area contributed by atoms with E-state index in [9.17, 15) is 0 Å². The smallest absolute Gasteiger partial charge is 0.0622 e. The highest BCUT2D eigenvalue weighted by Gasteiger charge is 2.44. The molecule has 0 aliphatic rings. The van der Waals surface area contributed by atoms with Crippen molar-refractivity contribution in [2.45, 2.75) is 12.8 Å². The lowest BCUT2D eigenvalue weighted by Crippen LogP contribution is -2.33. The van der Waals surface area contributed by atoms with Crippen molar-refractivity contribution in [2.75, 3.05) is 6.16 Å². The summed E-state index contributed by atoms with van der Waals surface area (Å²) in [6, 6.07) is 44.3. The Labute approximate surface area is 169 Å². The van der Waals surface area contributed by atoms with E-state index >= 15 is 0 Å². The van der Waals surface area contributed by atoms with Crippen molar-refractivity contribution in [3.05, 3.63) is 127 Å². The van der Waals surface area contributed by atoms with E-state index in [1.807, 2.05) is 0 Å². The van der Waals surface area contributed by atoms with Gasteiger partial charge in [-0.2, -0.15) is 0 Å². The summed E-state index contributed by atoms with van der Waals surface area (Å²) in [5.41, 5.74) is 1.43. The molecule has 1 heteroatoms.